The minimum Gasteiger partial charge on any atom is -0.384 e. The molecule has 1 aromatic rings. The van der Waals surface area contributed by atoms with E-state index in [4.69, 9.17) is 10.5 Å². The minimum absolute atomic E-state index is 0.287. The molecule has 0 amide bonds. The third-order valence-corrected chi connectivity index (χ3v) is 4.08. The first-order valence-corrected chi connectivity index (χ1v) is 7.51. The van der Waals surface area contributed by atoms with Crippen molar-refractivity contribution in [3.8, 4) is 0 Å². The summed E-state index contributed by atoms with van der Waals surface area (Å²) in [5.41, 5.74) is 5.97. The van der Waals surface area contributed by atoms with Gasteiger partial charge >= 0.3 is 0 Å². The Balaban J connectivity index is 1.87. The number of hydrogen-bond donors (Lipinski definition) is 2. The SMILES string of the molecule is COCC(C)Cc1nc(N2CCC(C(C)N)CC2)n[nH]1. The summed E-state index contributed by atoms with van der Waals surface area (Å²) in [6.07, 6.45) is 3.13. The topological polar surface area (TPSA) is 80.1 Å². The van der Waals surface area contributed by atoms with E-state index < -0.39 is 0 Å². The number of hydrogen-bond acceptors (Lipinski definition) is 5. The van der Waals surface area contributed by atoms with Crippen LogP contribution < -0.4 is 10.6 Å². The number of nitrogens with two attached hydrogens (primary N) is 1. The standard InChI is InChI=1S/C14H27N5O/c1-10(9-20-3)8-13-16-14(18-17-13)19-6-4-12(5-7-19)11(2)15/h10-12H,4-9,15H2,1-3H3,(H,16,17,18). The molecule has 1 aliphatic heterocycles. The molecule has 3 N–H and O–H groups in total. The van der Waals surface area contributed by atoms with E-state index in [0.717, 1.165) is 50.7 Å². The second-order valence-electron chi connectivity index (χ2n) is 6.03. The smallest absolute Gasteiger partial charge is 0.244 e. The molecular formula is C14H27N5O. The normalized spacial score (nSPS) is 20.1. The average Bonchev–Trinajstić information content (AvgIpc) is 2.87. The maximum atomic E-state index is 5.97. The van der Waals surface area contributed by atoms with Gasteiger partial charge in [-0.15, -0.1) is 5.10 Å². The third-order valence-electron chi connectivity index (χ3n) is 4.08. The number of piperidine rings is 1. The monoisotopic (exact) mass is 281 g/mol. The van der Waals surface area contributed by atoms with Gasteiger partial charge in [-0.3, -0.25) is 5.10 Å². The lowest BCUT2D eigenvalue weighted by atomic mass is 9.91. The Bertz CT molecular complexity index is 398. The Kier molecular flexibility index (Phi) is 5.37. The molecule has 6 nitrogen and oxygen atoms in total. The molecule has 0 spiro atoms. The second-order valence-corrected chi connectivity index (χ2v) is 6.03. The highest BCUT2D eigenvalue weighted by Crippen LogP contribution is 2.22. The molecule has 1 fully saturated rings. The number of nitrogens with one attached hydrogen (secondary N) is 1. The van der Waals surface area contributed by atoms with Crippen molar-refractivity contribution in [3.05, 3.63) is 5.82 Å². The molecule has 2 atom stereocenters. The molecule has 0 radical (unpaired) electrons. The molecule has 1 aliphatic rings. The fraction of sp³-hybridized carbons (Fsp3) is 0.857. The van der Waals surface area contributed by atoms with Crippen LogP contribution in [-0.2, 0) is 11.2 Å². The molecule has 0 saturated carbocycles. The summed E-state index contributed by atoms with van der Waals surface area (Å²) in [6.45, 7) is 6.99. The molecule has 20 heavy (non-hydrogen) atoms. The number of nitrogens with zero attached hydrogens (tertiary/aromatic N) is 3. The Labute approximate surface area is 121 Å². The van der Waals surface area contributed by atoms with Gasteiger partial charge in [0.2, 0.25) is 5.95 Å². The van der Waals surface area contributed by atoms with Gasteiger partial charge < -0.3 is 15.4 Å². The van der Waals surface area contributed by atoms with Crippen LogP contribution in [0.25, 0.3) is 0 Å². The van der Waals surface area contributed by atoms with Gasteiger partial charge in [0.15, 0.2) is 0 Å². The van der Waals surface area contributed by atoms with Crippen molar-refractivity contribution < 1.29 is 4.74 Å². The van der Waals surface area contributed by atoms with Crippen LogP contribution in [0.15, 0.2) is 0 Å². The molecule has 1 aromatic heterocycles. The van der Waals surface area contributed by atoms with E-state index in [1.54, 1.807) is 7.11 Å². The van der Waals surface area contributed by atoms with E-state index in [2.05, 4.69) is 33.9 Å². The van der Waals surface area contributed by atoms with Crippen molar-refractivity contribution in [1.29, 1.82) is 0 Å². The van der Waals surface area contributed by atoms with Crippen molar-refractivity contribution in [2.24, 2.45) is 17.6 Å². The van der Waals surface area contributed by atoms with Crippen molar-refractivity contribution in [2.75, 3.05) is 31.7 Å². The molecule has 2 rings (SSSR count). The summed E-state index contributed by atoms with van der Waals surface area (Å²) in [5, 5.41) is 7.38. The fourth-order valence-corrected chi connectivity index (χ4v) is 2.82. The van der Waals surface area contributed by atoms with E-state index in [1.807, 2.05) is 0 Å². The van der Waals surface area contributed by atoms with Crippen LogP contribution >= 0.6 is 0 Å². The van der Waals surface area contributed by atoms with Crippen LogP contribution in [0.2, 0.25) is 0 Å². The molecule has 2 heterocycles. The van der Waals surface area contributed by atoms with E-state index in [9.17, 15) is 0 Å². The van der Waals surface area contributed by atoms with Crippen LogP contribution in [0.4, 0.5) is 5.95 Å². The maximum Gasteiger partial charge on any atom is 0.244 e. The number of ether oxygens (including phenoxy) is 1. The van der Waals surface area contributed by atoms with Crippen LogP contribution in [0.5, 0.6) is 0 Å². The summed E-state index contributed by atoms with van der Waals surface area (Å²) in [5.74, 6) is 2.85. The van der Waals surface area contributed by atoms with Gasteiger partial charge in [0.05, 0.1) is 0 Å². The molecule has 114 valence electrons. The lowest BCUT2D eigenvalue weighted by Crippen LogP contribution is -2.40. The van der Waals surface area contributed by atoms with Crippen LogP contribution in [-0.4, -0.2) is 48.0 Å². The summed E-state index contributed by atoms with van der Waals surface area (Å²) >= 11 is 0. The maximum absolute atomic E-state index is 5.97. The van der Waals surface area contributed by atoms with E-state index in [0.29, 0.717) is 11.8 Å². The molecular weight excluding hydrogens is 254 g/mol. The van der Waals surface area contributed by atoms with Crippen LogP contribution in [0, 0.1) is 11.8 Å². The summed E-state index contributed by atoms with van der Waals surface area (Å²) in [7, 11) is 1.73. The molecule has 0 aromatic carbocycles. The first-order valence-electron chi connectivity index (χ1n) is 7.51. The van der Waals surface area contributed by atoms with Gasteiger partial charge in [0.1, 0.15) is 5.82 Å². The second kappa shape index (κ2) is 7.04. The zero-order valence-corrected chi connectivity index (χ0v) is 12.8. The number of aromatic amines is 1. The lowest BCUT2D eigenvalue weighted by molar-refractivity contribution is 0.159. The van der Waals surface area contributed by atoms with E-state index in [-0.39, 0.29) is 6.04 Å². The Hall–Kier alpha value is -1.14. The number of aromatic nitrogens is 3. The van der Waals surface area contributed by atoms with Crippen molar-refractivity contribution in [1.82, 2.24) is 15.2 Å². The predicted molar refractivity (Wildman–Crippen MR) is 79.7 cm³/mol. The lowest BCUT2D eigenvalue weighted by Gasteiger charge is -2.32. The zero-order chi connectivity index (χ0) is 14.5. The molecule has 6 heteroatoms. The molecule has 1 saturated heterocycles. The fourth-order valence-electron chi connectivity index (χ4n) is 2.82. The van der Waals surface area contributed by atoms with E-state index in [1.165, 1.54) is 0 Å². The predicted octanol–water partition coefficient (Wildman–Crippen LogP) is 1.19. The summed E-state index contributed by atoms with van der Waals surface area (Å²) in [4.78, 5) is 6.85. The quantitative estimate of drug-likeness (QED) is 0.819. The summed E-state index contributed by atoms with van der Waals surface area (Å²) in [6, 6.07) is 0.287. The van der Waals surface area contributed by atoms with Crippen LogP contribution in [0.3, 0.4) is 0 Å². The van der Waals surface area contributed by atoms with Gasteiger partial charge in [-0.25, -0.2) is 0 Å². The minimum atomic E-state index is 0.287. The van der Waals surface area contributed by atoms with Gasteiger partial charge in [-0.05, 0) is 31.6 Å². The first kappa shape index (κ1) is 15.3. The Morgan fingerprint density at radius 3 is 2.70 bits per heavy atom. The highest BCUT2D eigenvalue weighted by Gasteiger charge is 2.24. The van der Waals surface area contributed by atoms with Crippen molar-refractivity contribution in [2.45, 2.75) is 39.2 Å². The van der Waals surface area contributed by atoms with Gasteiger partial charge in [-0.2, -0.15) is 4.98 Å². The first-order chi connectivity index (χ1) is 9.60. The molecule has 0 bridgehead atoms. The highest BCUT2D eigenvalue weighted by atomic mass is 16.5. The largest absolute Gasteiger partial charge is 0.384 e. The zero-order valence-electron chi connectivity index (χ0n) is 12.8. The van der Waals surface area contributed by atoms with Crippen molar-refractivity contribution in [3.63, 3.8) is 0 Å². The van der Waals surface area contributed by atoms with Crippen molar-refractivity contribution >= 4 is 5.95 Å². The Morgan fingerprint density at radius 2 is 2.10 bits per heavy atom. The number of rotatable bonds is 6. The average molecular weight is 281 g/mol. The molecule has 0 aliphatic carbocycles. The summed E-state index contributed by atoms with van der Waals surface area (Å²) < 4.78 is 5.15. The van der Waals surface area contributed by atoms with Crippen LogP contribution in [0.1, 0.15) is 32.5 Å². The molecule has 2 unspecified atom stereocenters. The number of H-pyrrole nitrogens is 1. The third kappa shape index (κ3) is 3.93. The van der Waals surface area contributed by atoms with Gasteiger partial charge in [-0.1, -0.05) is 6.92 Å². The van der Waals surface area contributed by atoms with E-state index >= 15 is 0 Å². The highest BCUT2D eigenvalue weighted by molar-refractivity contribution is 5.29. The number of anilines is 1. The van der Waals surface area contributed by atoms with Gasteiger partial charge in [0.25, 0.3) is 0 Å². The Morgan fingerprint density at radius 1 is 1.40 bits per heavy atom. The van der Waals surface area contributed by atoms with Gasteiger partial charge in [0, 0.05) is 39.3 Å². The number of methoxy groups -OCH3 is 1.